The van der Waals surface area contributed by atoms with Crippen LogP contribution in [0.2, 0.25) is 0 Å². The Hall–Kier alpha value is -2.97. The van der Waals surface area contributed by atoms with Gasteiger partial charge in [0.2, 0.25) is 5.91 Å². The van der Waals surface area contributed by atoms with E-state index in [9.17, 15) is 9.18 Å². The summed E-state index contributed by atoms with van der Waals surface area (Å²) in [7, 11) is 2.10. The Morgan fingerprint density at radius 3 is 2.91 bits per heavy atom. The van der Waals surface area contributed by atoms with Crippen LogP contribution in [0.3, 0.4) is 0 Å². The van der Waals surface area contributed by atoms with Crippen molar-refractivity contribution in [2.75, 3.05) is 13.6 Å². The molecule has 33 heavy (non-hydrogen) atoms. The van der Waals surface area contributed by atoms with Crippen molar-refractivity contribution in [1.29, 1.82) is 0 Å². The average molecular weight is 454 g/mol. The van der Waals surface area contributed by atoms with Crippen LogP contribution in [-0.2, 0) is 11.2 Å². The molecule has 0 spiro atoms. The number of hydrogen-bond acceptors (Lipinski definition) is 5. The Kier molecular flexibility index (Phi) is 6.41. The van der Waals surface area contributed by atoms with E-state index in [1.165, 1.54) is 6.07 Å². The smallest absolute Gasteiger partial charge is 0.237 e. The van der Waals surface area contributed by atoms with Crippen molar-refractivity contribution in [2.45, 2.75) is 57.7 Å². The molecule has 176 valence electrons. The molecule has 1 saturated heterocycles. The molecule has 1 fully saturated rings. The van der Waals surface area contributed by atoms with Crippen LogP contribution in [0, 0.1) is 12.7 Å². The Labute approximate surface area is 193 Å². The Bertz CT molecular complexity index is 1160. The summed E-state index contributed by atoms with van der Waals surface area (Å²) in [5, 5.41) is 3.89. The van der Waals surface area contributed by atoms with E-state index in [0.717, 1.165) is 30.3 Å². The third kappa shape index (κ3) is 5.02. The summed E-state index contributed by atoms with van der Waals surface area (Å²) in [6, 6.07) is 5.75. The summed E-state index contributed by atoms with van der Waals surface area (Å²) in [5.74, 6) is -0.0699. The molecule has 2 aromatic heterocycles. The van der Waals surface area contributed by atoms with Gasteiger partial charge in [-0.05, 0) is 76.4 Å². The third-order valence-electron chi connectivity index (χ3n) is 6.68. The van der Waals surface area contributed by atoms with Crippen molar-refractivity contribution in [1.82, 2.24) is 20.2 Å². The van der Waals surface area contributed by atoms with Gasteiger partial charge in [-0.2, -0.15) is 0 Å². The predicted octanol–water partition coefficient (Wildman–Crippen LogP) is 3.66. The van der Waals surface area contributed by atoms with Gasteiger partial charge in [-0.15, -0.1) is 0 Å². The number of hydrogen-bond donors (Lipinski definition) is 3. The topological polar surface area (TPSA) is 96.3 Å². The van der Waals surface area contributed by atoms with Crippen molar-refractivity contribution < 1.29 is 13.9 Å². The van der Waals surface area contributed by atoms with E-state index in [1.54, 1.807) is 24.4 Å². The number of aryl methyl sites for hydroxylation is 1. The van der Waals surface area contributed by atoms with Crippen LogP contribution in [0.1, 0.15) is 37.8 Å². The largest absolute Gasteiger partial charge is 0.453 e. The number of nitrogens with one attached hydrogen (secondary N) is 2. The number of carbonyl (C=O) groups excluding carboxylic acids is 1. The fourth-order valence-electron chi connectivity index (χ4n) is 4.43. The minimum atomic E-state index is -0.749. The quantitative estimate of drug-likeness (QED) is 0.529. The van der Waals surface area contributed by atoms with Crippen molar-refractivity contribution in [3.63, 3.8) is 0 Å². The molecule has 0 aliphatic carbocycles. The van der Waals surface area contributed by atoms with E-state index in [-0.39, 0.29) is 29.7 Å². The fraction of sp³-hybridized carbons (Fsp3) is 0.440. The molecule has 3 aromatic rings. The van der Waals surface area contributed by atoms with E-state index in [2.05, 4.69) is 41.1 Å². The predicted molar refractivity (Wildman–Crippen MR) is 127 cm³/mol. The maximum Gasteiger partial charge on any atom is 0.237 e. The molecule has 4 rings (SSSR count). The SMILES string of the molecule is Cc1c[nH]c2nccc(Oc3ccc(C[C@H](N)C(=O)NC4CCN(C)C(C)(C)C4)cc3F)c12. The molecule has 1 amide bonds. The number of H-pyrrole nitrogens is 1. The average Bonchev–Trinajstić information content (AvgIpc) is 3.14. The minimum Gasteiger partial charge on any atom is -0.453 e. The standard InChI is InChI=1S/C25H32FN5O2/c1-15-14-29-23-22(15)21(7-9-28-23)33-20-6-5-16(11-18(20)26)12-19(27)24(32)30-17-8-10-31(4)25(2,3)13-17/h5-7,9,11,14,17,19H,8,10,12-13,27H2,1-4H3,(H,28,29)(H,30,32)/t17?,19-/m0/s1. The van der Waals surface area contributed by atoms with Crippen LogP contribution >= 0.6 is 0 Å². The van der Waals surface area contributed by atoms with Gasteiger partial charge in [0.1, 0.15) is 11.4 Å². The number of benzene rings is 1. The Morgan fingerprint density at radius 1 is 1.39 bits per heavy atom. The summed E-state index contributed by atoms with van der Waals surface area (Å²) in [6.45, 7) is 7.20. The van der Waals surface area contributed by atoms with Gasteiger partial charge in [-0.25, -0.2) is 9.37 Å². The zero-order chi connectivity index (χ0) is 23.8. The van der Waals surface area contributed by atoms with Gasteiger partial charge in [0, 0.05) is 30.5 Å². The maximum absolute atomic E-state index is 14.8. The van der Waals surface area contributed by atoms with Crippen molar-refractivity contribution in [3.8, 4) is 11.5 Å². The number of fused-ring (bicyclic) bond motifs is 1. The van der Waals surface area contributed by atoms with Gasteiger partial charge in [0.15, 0.2) is 11.6 Å². The molecule has 1 aromatic carbocycles. The van der Waals surface area contributed by atoms with E-state index in [4.69, 9.17) is 10.5 Å². The molecular weight excluding hydrogens is 421 g/mol. The molecule has 2 atom stereocenters. The van der Waals surface area contributed by atoms with E-state index >= 15 is 0 Å². The molecule has 0 bridgehead atoms. The summed E-state index contributed by atoms with van der Waals surface area (Å²) in [4.78, 5) is 22.3. The summed E-state index contributed by atoms with van der Waals surface area (Å²) in [5.41, 5.74) is 8.48. The van der Waals surface area contributed by atoms with Crippen LogP contribution in [-0.4, -0.2) is 52.0 Å². The van der Waals surface area contributed by atoms with Gasteiger partial charge >= 0.3 is 0 Å². The second-order valence-electron chi connectivity index (χ2n) is 9.61. The summed E-state index contributed by atoms with van der Waals surface area (Å²) < 4.78 is 20.7. The first-order chi connectivity index (χ1) is 15.6. The number of pyridine rings is 1. The second-order valence-corrected chi connectivity index (χ2v) is 9.61. The Morgan fingerprint density at radius 2 is 2.18 bits per heavy atom. The number of aromatic amines is 1. The lowest BCUT2D eigenvalue weighted by atomic mass is 9.87. The first kappa shape index (κ1) is 23.2. The zero-order valence-corrected chi connectivity index (χ0v) is 19.6. The Balaban J connectivity index is 1.39. The molecule has 4 N–H and O–H groups in total. The van der Waals surface area contributed by atoms with Gasteiger partial charge < -0.3 is 25.7 Å². The highest BCUT2D eigenvalue weighted by molar-refractivity contribution is 5.86. The molecule has 0 saturated carbocycles. The van der Waals surface area contributed by atoms with Crippen LogP contribution in [0.25, 0.3) is 11.0 Å². The number of piperidine rings is 1. The number of halogens is 1. The van der Waals surface area contributed by atoms with Gasteiger partial charge in [0.25, 0.3) is 0 Å². The second kappa shape index (κ2) is 9.11. The highest BCUT2D eigenvalue weighted by atomic mass is 19.1. The normalized spacial score (nSPS) is 19.4. The van der Waals surface area contributed by atoms with E-state index in [1.807, 2.05) is 13.1 Å². The molecule has 3 heterocycles. The van der Waals surface area contributed by atoms with Gasteiger partial charge in [-0.1, -0.05) is 6.07 Å². The van der Waals surface area contributed by atoms with Crippen molar-refractivity contribution in [3.05, 3.63) is 53.6 Å². The number of rotatable bonds is 6. The van der Waals surface area contributed by atoms with E-state index in [0.29, 0.717) is 17.0 Å². The van der Waals surface area contributed by atoms with E-state index < -0.39 is 11.9 Å². The molecule has 1 unspecified atom stereocenters. The minimum absolute atomic E-state index is 0.0264. The third-order valence-corrected chi connectivity index (χ3v) is 6.68. The monoisotopic (exact) mass is 453 g/mol. The van der Waals surface area contributed by atoms with Crippen LogP contribution in [0.15, 0.2) is 36.7 Å². The molecule has 8 heteroatoms. The first-order valence-corrected chi connectivity index (χ1v) is 11.3. The van der Waals surface area contributed by atoms with Gasteiger partial charge in [-0.3, -0.25) is 4.79 Å². The molecule has 7 nitrogen and oxygen atoms in total. The van der Waals surface area contributed by atoms with Crippen molar-refractivity contribution >= 4 is 16.9 Å². The molecular formula is C25H32FN5O2. The number of carbonyl (C=O) groups is 1. The van der Waals surface area contributed by atoms with Crippen LogP contribution in [0.5, 0.6) is 11.5 Å². The zero-order valence-electron chi connectivity index (χ0n) is 19.6. The number of nitrogens with two attached hydrogens (primary N) is 1. The molecule has 0 radical (unpaired) electrons. The molecule has 1 aliphatic heterocycles. The number of likely N-dealkylation sites (tertiary alicyclic amines) is 1. The van der Waals surface area contributed by atoms with Crippen molar-refractivity contribution in [2.24, 2.45) is 5.73 Å². The molecule has 1 aliphatic rings. The maximum atomic E-state index is 14.8. The number of amides is 1. The van der Waals surface area contributed by atoms with Gasteiger partial charge in [0.05, 0.1) is 11.4 Å². The highest BCUT2D eigenvalue weighted by Gasteiger charge is 2.33. The lowest BCUT2D eigenvalue weighted by Gasteiger charge is -2.43. The summed E-state index contributed by atoms with van der Waals surface area (Å²) >= 11 is 0. The fourth-order valence-corrected chi connectivity index (χ4v) is 4.43. The lowest BCUT2D eigenvalue weighted by molar-refractivity contribution is -0.123. The number of ether oxygens (including phenoxy) is 1. The highest BCUT2D eigenvalue weighted by Crippen LogP contribution is 2.32. The summed E-state index contributed by atoms with van der Waals surface area (Å²) in [6.07, 6.45) is 5.45. The lowest BCUT2D eigenvalue weighted by Crippen LogP contribution is -2.55. The number of aromatic nitrogens is 2. The first-order valence-electron chi connectivity index (χ1n) is 11.3. The van der Waals surface area contributed by atoms with Crippen LogP contribution in [0.4, 0.5) is 4.39 Å². The van der Waals surface area contributed by atoms with Crippen LogP contribution < -0.4 is 15.8 Å². The number of nitrogens with zero attached hydrogens (tertiary/aromatic N) is 2.